The molecule has 0 bridgehead atoms. The predicted octanol–water partition coefficient (Wildman–Crippen LogP) is 2.84. The molecule has 0 unspecified atom stereocenters. The molecule has 4 rings (SSSR count). The Labute approximate surface area is 157 Å². The minimum Gasteiger partial charge on any atom is -0.339 e. The number of hydrogen-bond donors (Lipinski definition) is 0. The Morgan fingerprint density at radius 1 is 1.11 bits per heavy atom. The average Bonchev–Trinajstić information content (AvgIpc) is 3.10. The fourth-order valence-corrected chi connectivity index (χ4v) is 4.03. The Kier molecular flexibility index (Phi) is 4.59. The third-order valence-electron chi connectivity index (χ3n) is 4.45. The van der Waals surface area contributed by atoms with Crippen molar-refractivity contribution in [2.45, 2.75) is 12.8 Å². The molecule has 0 atom stereocenters. The third kappa shape index (κ3) is 3.81. The van der Waals surface area contributed by atoms with Gasteiger partial charge in [-0.3, -0.25) is 4.98 Å². The first-order valence-electron chi connectivity index (χ1n) is 8.50. The molecule has 0 saturated carbocycles. The second-order valence-corrected chi connectivity index (χ2v) is 8.28. The highest BCUT2D eigenvalue weighted by Crippen LogP contribution is 2.30. The molecule has 27 heavy (non-hydrogen) atoms. The van der Waals surface area contributed by atoms with Gasteiger partial charge in [0.25, 0.3) is 0 Å². The van der Waals surface area contributed by atoms with Crippen LogP contribution in [0.5, 0.6) is 0 Å². The summed E-state index contributed by atoms with van der Waals surface area (Å²) in [5, 5.41) is 5.20. The van der Waals surface area contributed by atoms with Gasteiger partial charge in [0, 0.05) is 36.5 Å². The van der Waals surface area contributed by atoms with Crippen molar-refractivity contribution in [3.05, 3.63) is 71.2 Å². The fourth-order valence-electron chi connectivity index (χ4n) is 2.75. The number of sulfonamides is 1. The standard InChI is InChI=1S/C19H18N4O3S/c1-14-2-4-15(5-3-14)8-11-27(24,25)23-12-17(13-23)19-21-18(22-26-19)16-6-9-20-10-7-16/h2-11,17H,12-13H2,1H3/b11-8+. The largest absolute Gasteiger partial charge is 0.339 e. The van der Waals surface area contributed by atoms with Crippen LogP contribution >= 0.6 is 0 Å². The quantitative estimate of drug-likeness (QED) is 0.674. The lowest BCUT2D eigenvalue weighted by atomic mass is 10.0. The average molecular weight is 382 g/mol. The maximum absolute atomic E-state index is 12.4. The second kappa shape index (κ2) is 7.05. The molecule has 0 N–H and O–H groups in total. The van der Waals surface area contributed by atoms with Crippen LogP contribution < -0.4 is 0 Å². The topological polar surface area (TPSA) is 89.2 Å². The number of hydrogen-bond acceptors (Lipinski definition) is 6. The van der Waals surface area contributed by atoms with Crippen LogP contribution in [0.1, 0.15) is 22.9 Å². The van der Waals surface area contributed by atoms with E-state index in [4.69, 9.17) is 4.52 Å². The molecular weight excluding hydrogens is 364 g/mol. The highest BCUT2D eigenvalue weighted by Gasteiger charge is 2.38. The van der Waals surface area contributed by atoms with Gasteiger partial charge in [0.05, 0.1) is 5.92 Å². The summed E-state index contributed by atoms with van der Waals surface area (Å²) in [6.07, 6.45) is 4.92. The van der Waals surface area contributed by atoms with Gasteiger partial charge >= 0.3 is 0 Å². The fraction of sp³-hybridized carbons (Fsp3) is 0.211. The van der Waals surface area contributed by atoms with Gasteiger partial charge in [0.1, 0.15) is 0 Å². The van der Waals surface area contributed by atoms with Gasteiger partial charge in [-0.1, -0.05) is 35.0 Å². The van der Waals surface area contributed by atoms with Crippen LogP contribution in [0, 0.1) is 6.92 Å². The van der Waals surface area contributed by atoms with Gasteiger partial charge in [-0.05, 0) is 30.7 Å². The molecule has 3 aromatic rings. The molecule has 7 nitrogen and oxygen atoms in total. The first kappa shape index (κ1) is 17.6. The summed E-state index contributed by atoms with van der Waals surface area (Å²) in [6, 6.07) is 11.3. The third-order valence-corrected chi connectivity index (χ3v) is 5.95. The van der Waals surface area contributed by atoms with Gasteiger partial charge in [-0.2, -0.15) is 9.29 Å². The van der Waals surface area contributed by atoms with Crippen LogP contribution in [-0.2, 0) is 10.0 Å². The summed E-state index contributed by atoms with van der Waals surface area (Å²) in [5.41, 5.74) is 2.79. The molecular formula is C19H18N4O3S. The minimum atomic E-state index is -3.46. The van der Waals surface area contributed by atoms with Crippen molar-refractivity contribution in [2.24, 2.45) is 0 Å². The number of pyridine rings is 1. The lowest BCUT2D eigenvalue weighted by Crippen LogP contribution is -2.47. The zero-order chi connectivity index (χ0) is 18.9. The van der Waals surface area contributed by atoms with E-state index in [9.17, 15) is 8.42 Å². The van der Waals surface area contributed by atoms with Gasteiger partial charge in [-0.25, -0.2) is 8.42 Å². The molecule has 0 spiro atoms. The molecule has 8 heteroatoms. The van der Waals surface area contributed by atoms with E-state index in [0.717, 1.165) is 16.7 Å². The summed E-state index contributed by atoms with van der Waals surface area (Å²) < 4.78 is 31.5. The van der Waals surface area contributed by atoms with Gasteiger partial charge < -0.3 is 4.52 Å². The molecule has 1 fully saturated rings. The van der Waals surface area contributed by atoms with Crippen molar-refractivity contribution < 1.29 is 12.9 Å². The maximum Gasteiger partial charge on any atom is 0.236 e. The number of nitrogens with zero attached hydrogens (tertiary/aromatic N) is 4. The van der Waals surface area contributed by atoms with E-state index in [1.54, 1.807) is 30.6 Å². The van der Waals surface area contributed by atoms with E-state index in [1.807, 2.05) is 31.2 Å². The van der Waals surface area contributed by atoms with Crippen LogP contribution in [0.2, 0.25) is 0 Å². The number of aryl methyl sites for hydroxylation is 1. The first-order chi connectivity index (χ1) is 13.0. The Hall–Kier alpha value is -2.84. The van der Waals surface area contributed by atoms with Gasteiger partial charge in [0.2, 0.25) is 21.7 Å². The normalized spacial score (nSPS) is 15.9. The lowest BCUT2D eigenvalue weighted by molar-refractivity contribution is 0.219. The van der Waals surface area contributed by atoms with Crippen molar-refractivity contribution >= 4 is 16.1 Å². The summed E-state index contributed by atoms with van der Waals surface area (Å²) in [7, 11) is -3.46. The molecule has 1 aromatic carbocycles. The molecule has 1 saturated heterocycles. The van der Waals surface area contributed by atoms with E-state index in [2.05, 4.69) is 15.1 Å². The van der Waals surface area contributed by atoms with Crippen molar-refractivity contribution in [2.75, 3.05) is 13.1 Å². The van der Waals surface area contributed by atoms with Crippen LogP contribution in [-0.4, -0.2) is 40.9 Å². The van der Waals surface area contributed by atoms with Crippen LogP contribution in [0.4, 0.5) is 0 Å². The Balaban J connectivity index is 1.40. The van der Waals surface area contributed by atoms with Crippen molar-refractivity contribution in [3.63, 3.8) is 0 Å². The summed E-state index contributed by atoms with van der Waals surface area (Å²) >= 11 is 0. The minimum absolute atomic E-state index is 0.0874. The van der Waals surface area contributed by atoms with E-state index in [1.165, 1.54) is 9.71 Å². The van der Waals surface area contributed by atoms with Gasteiger partial charge in [-0.15, -0.1) is 0 Å². The molecule has 0 amide bonds. The van der Waals surface area contributed by atoms with Crippen LogP contribution in [0.15, 0.2) is 58.7 Å². The Morgan fingerprint density at radius 3 is 2.52 bits per heavy atom. The molecule has 1 aliphatic heterocycles. The van der Waals surface area contributed by atoms with Crippen molar-refractivity contribution in [3.8, 4) is 11.4 Å². The van der Waals surface area contributed by atoms with Crippen molar-refractivity contribution in [1.29, 1.82) is 0 Å². The number of benzene rings is 1. The Morgan fingerprint density at radius 2 is 1.81 bits per heavy atom. The highest BCUT2D eigenvalue weighted by atomic mass is 32.2. The van der Waals surface area contributed by atoms with Crippen LogP contribution in [0.3, 0.4) is 0 Å². The van der Waals surface area contributed by atoms with Crippen molar-refractivity contribution in [1.82, 2.24) is 19.4 Å². The molecule has 0 radical (unpaired) electrons. The van der Waals surface area contributed by atoms with Crippen LogP contribution in [0.25, 0.3) is 17.5 Å². The zero-order valence-corrected chi connectivity index (χ0v) is 15.5. The predicted molar refractivity (Wildman–Crippen MR) is 101 cm³/mol. The lowest BCUT2D eigenvalue weighted by Gasteiger charge is -2.34. The summed E-state index contributed by atoms with van der Waals surface area (Å²) in [6.45, 7) is 2.65. The zero-order valence-electron chi connectivity index (χ0n) is 14.7. The molecule has 3 heterocycles. The van der Waals surface area contributed by atoms with E-state index in [-0.39, 0.29) is 5.92 Å². The first-order valence-corrected chi connectivity index (χ1v) is 10.0. The van der Waals surface area contributed by atoms with E-state index >= 15 is 0 Å². The summed E-state index contributed by atoms with van der Waals surface area (Å²) in [5.74, 6) is 0.847. The molecule has 2 aromatic heterocycles. The smallest absolute Gasteiger partial charge is 0.236 e. The molecule has 0 aliphatic carbocycles. The second-order valence-electron chi connectivity index (χ2n) is 6.46. The van der Waals surface area contributed by atoms with E-state index < -0.39 is 10.0 Å². The molecule has 1 aliphatic rings. The Bertz CT molecular complexity index is 1050. The number of aromatic nitrogens is 3. The monoisotopic (exact) mass is 382 g/mol. The van der Waals surface area contributed by atoms with E-state index in [0.29, 0.717) is 24.8 Å². The number of rotatable bonds is 5. The van der Waals surface area contributed by atoms with Gasteiger partial charge in [0.15, 0.2) is 0 Å². The molecule has 138 valence electrons. The summed E-state index contributed by atoms with van der Waals surface area (Å²) in [4.78, 5) is 8.33. The highest BCUT2D eigenvalue weighted by molar-refractivity contribution is 7.92. The SMILES string of the molecule is Cc1ccc(/C=C/S(=O)(=O)N2CC(c3nc(-c4ccncc4)no3)C2)cc1. The maximum atomic E-state index is 12.4.